The quantitative estimate of drug-likeness (QED) is 0.910. The average molecular weight is 284 g/mol. The molecule has 0 radical (unpaired) electrons. The Morgan fingerprint density at radius 1 is 1.50 bits per heavy atom. The van der Waals surface area contributed by atoms with E-state index in [0.29, 0.717) is 22.4 Å². The van der Waals surface area contributed by atoms with Gasteiger partial charge in [-0.1, -0.05) is 30.7 Å². The summed E-state index contributed by atoms with van der Waals surface area (Å²) >= 11 is 7.54. The maximum Gasteiger partial charge on any atom is 0.204 e. The SMILES string of the molecule is CC(CO)SCc1ncc(-c2cccc(Cl)c2)o1. The van der Waals surface area contributed by atoms with E-state index < -0.39 is 0 Å². The summed E-state index contributed by atoms with van der Waals surface area (Å²) in [7, 11) is 0. The van der Waals surface area contributed by atoms with Gasteiger partial charge in [0.1, 0.15) is 0 Å². The second kappa shape index (κ2) is 6.27. The number of aliphatic hydroxyl groups is 1. The molecule has 0 aliphatic heterocycles. The van der Waals surface area contributed by atoms with Crippen LogP contribution in [0.1, 0.15) is 12.8 Å². The van der Waals surface area contributed by atoms with Crippen LogP contribution in [0.4, 0.5) is 0 Å². The maximum atomic E-state index is 8.94. The van der Waals surface area contributed by atoms with E-state index in [4.69, 9.17) is 21.1 Å². The molecule has 0 saturated heterocycles. The molecule has 2 aromatic rings. The first-order valence-electron chi connectivity index (χ1n) is 5.62. The van der Waals surface area contributed by atoms with Crippen molar-refractivity contribution < 1.29 is 9.52 Å². The molecule has 96 valence electrons. The number of halogens is 1. The summed E-state index contributed by atoms with van der Waals surface area (Å²) in [5.41, 5.74) is 0.918. The third kappa shape index (κ3) is 3.51. The molecule has 0 bridgehead atoms. The summed E-state index contributed by atoms with van der Waals surface area (Å²) in [6.45, 7) is 2.12. The second-order valence-corrected chi connectivity index (χ2v) is 5.80. The zero-order valence-corrected chi connectivity index (χ0v) is 11.5. The summed E-state index contributed by atoms with van der Waals surface area (Å²) in [5, 5.41) is 9.80. The third-order valence-electron chi connectivity index (χ3n) is 2.41. The predicted octanol–water partition coefficient (Wildman–Crippen LogP) is 3.61. The summed E-state index contributed by atoms with van der Waals surface area (Å²) in [6, 6.07) is 7.47. The molecule has 1 N–H and O–H groups in total. The van der Waals surface area contributed by atoms with Gasteiger partial charge in [-0.3, -0.25) is 0 Å². The van der Waals surface area contributed by atoms with Crippen LogP contribution in [0.25, 0.3) is 11.3 Å². The van der Waals surface area contributed by atoms with Crippen LogP contribution >= 0.6 is 23.4 Å². The molecule has 18 heavy (non-hydrogen) atoms. The van der Waals surface area contributed by atoms with Crippen molar-refractivity contribution in [2.24, 2.45) is 0 Å². The summed E-state index contributed by atoms with van der Waals surface area (Å²) in [5.74, 6) is 2.03. The summed E-state index contributed by atoms with van der Waals surface area (Å²) in [4.78, 5) is 4.22. The van der Waals surface area contributed by atoms with Crippen molar-refractivity contribution in [1.29, 1.82) is 0 Å². The lowest BCUT2D eigenvalue weighted by molar-refractivity contribution is 0.300. The lowest BCUT2D eigenvalue weighted by atomic mass is 10.2. The molecule has 1 heterocycles. The van der Waals surface area contributed by atoms with Crippen molar-refractivity contribution in [3.63, 3.8) is 0 Å². The van der Waals surface area contributed by atoms with E-state index in [1.165, 1.54) is 0 Å². The Balaban J connectivity index is 2.06. The number of thioether (sulfide) groups is 1. The molecule has 1 unspecified atom stereocenters. The Kier molecular flexibility index (Phi) is 4.69. The van der Waals surface area contributed by atoms with Crippen molar-refractivity contribution in [2.75, 3.05) is 6.61 Å². The van der Waals surface area contributed by atoms with Gasteiger partial charge in [0.15, 0.2) is 5.76 Å². The molecular formula is C13H14ClNO2S. The van der Waals surface area contributed by atoms with E-state index >= 15 is 0 Å². The highest BCUT2D eigenvalue weighted by Crippen LogP contribution is 2.25. The largest absolute Gasteiger partial charge is 0.440 e. The fraction of sp³-hybridized carbons (Fsp3) is 0.308. The molecule has 0 saturated carbocycles. The third-order valence-corrected chi connectivity index (χ3v) is 3.78. The topological polar surface area (TPSA) is 46.3 Å². The first-order chi connectivity index (χ1) is 8.69. The first kappa shape index (κ1) is 13.5. The molecule has 0 fully saturated rings. The van der Waals surface area contributed by atoms with Crippen LogP contribution < -0.4 is 0 Å². The van der Waals surface area contributed by atoms with E-state index in [2.05, 4.69) is 4.98 Å². The van der Waals surface area contributed by atoms with Gasteiger partial charge in [-0.25, -0.2) is 4.98 Å². The first-order valence-corrected chi connectivity index (χ1v) is 7.05. The minimum atomic E-state index is 0.159. The lowest BCUT2D eigenvalue weighted by Gasteiger charge is -2.04. The Labute approximate surface area is 115 Å². The van der Waals surface area contributed by atoms with Crippen LogP contribution in [-0.4, -0.2) is 21.9 Å². The molecule has 3 nitrogen and oxygen atoms in total. The number of hydrogen-bond donors (Lipinski definition) is 1. The molecule has 0 spiro atoms. The molecule has 0 aliphatic carbocycles. The van der Waals surface area contributed by atoms with E-state index in [-0.39, 0.29) is 11.9 Å². The maximum absolute atomic E-state index is 8.94. The molecule has 0 aliphatic rings. The highest BCUT2D eigenvalue weighted by atomic mass is 35.5. The number of nitrogens with zero attached hydrogens (tertiary/aromatic N) is 1. The average Bonchev–Trinajstić information content (AvgIpc) is 2.84. The van der Waals surface area contributed by atoms with Crippen LogP contribution in [0.2, 0.25) is 5.02 Å². The number of benzene rings is 1. The van der Waals surface area contributed by atoms with Gasteiger partial charge in [-0.05, 0) is 12.1 Å². The summed E-state index contributed by atoms with van der Waals surface area (Å²) in [6.07, 6.45) is 1.70. The van der Waals surface area contributed by atoms with E-state index in [0.717, 1.165) is 5.56 Å². The Morgan fingerprint density at radius 2 is 2.33 bits per heavy atom. The zero-order chi connectivity index (χ0) is 13.0. The standard InChI is InChI=1S/C13H14ClNO2S/c1-9(7-16)18-8-13-15-6-12(17-13)10-3-2-4-11(14)5-10/h2-6,9,16H,7-8H2,1H3. The van der Waals surface area contributed by atoms with Crippen molar-refractivity contribution in [2.45, 2.75) is 17.9 Å². The highest BCUT2D eigenvalue weighted by molar-refractivity contribution is 7.99. The van der Waals surface area contributed by atoms with Gasteiger partial charge < -0.3 is 9.52 Å². The number of aliphatic hydroxyl groups excluding tert-OH is 1. The van der Waals surface area contributed by atoms with Crippen LogP contribution in [0.5, 0.6) is 0 Å². The predicted molar refractivity (Wildman–Crippen MR) is 74.8 cm³/mol. The number of aromatic nitrogens is 1. The highest BCUT2D eigenvalue weighted by Gasteiger charge is 2.08. The Morgan fingerprint density at radius 3 is 3.06 bits per heavy atom. The van der Waals surface area contributed by atoms with Gasteiger partial charge in [-0.2, -0.15) is 0 Å². The van der Waals surface area contributed by atoms with Gasteiger partial charge >= 0.3 is 0 Å². The second-order valence-electron chi connectivity index (χ2n) is 3.93. The number of rotatable bonds is 5. The van der Waals surface area contributed by atoms with Crippen molar-refractivity contribution in [1.82, 2.24) is 4.98 Å². The molecular weight excluding hydrogens is 270 g/mol. The monoisotopic (exact) mass is 283 g/mol. The van der Waals surface area contributed by atoms with E-state index in [1.807, 2.05) is 31.2 Å². The van der Waals surface area contributed by atoms with Gasteiger partial charge in [0.05, 0.1) is 18.6 Å². The number of hydrogen-bond acceptors (Lipinski definition) is 4. The Bertz CT molecular complexity index is 515. The van der Waals surface area contributed by atoms with Gasteiger partial charge in [0, 0.05) is 15.8 Å². The van der Waals surface area contributed by atoms with Crippen molar-refractivity contribution >= 4 is 23.4 Å². The normalized spacial score (nSPS) is 12.6. The Hall–Kier alpha value is -0.970. The molecule has 0 amide bonds. The van der Waals surface area contributed by atoms with Gasteiger partial charge in [0.25, 0.3) is 0 Å². The van der Waals surface area contributed by atoms with Gasteiger partial charge in [0.2, 0.25) is 5.89 Å². The molecule has 1 aromatic carbocycles. The van der Waals surface area contributed by atoms with Gasteiger partial charge in [-0.15, -0.1) is 11.8 Å². The molecule has 5 heteroatoms. The molecule has 1 aromatic heterocycles. The van der Waals surface area contributed by atoms with E-state index in [1.54, 1.807) is 18.0 Å². The smallest absolute Gasteiger partial charge is 0.204 e. The lowest BCUT2D eigenvalue weighted by Crippen LogP contribution is -2.02. The fourth-order valence-corrected chi connectivity index (χ4v) is 2.27. The minimum Gasteiger partial charge on any atom is -0.440 e. The van der Waals surface area contributed by atoms with Crippen LogP contribution in [-0.2, 0) is 5.75 Å². The number of oxazole rings is 1. The van der Waals surface area contributed by atoms with Crippen molar-refractivity contribution in [3.05, 3.63) is 41.4 Å². The van der Waals surface area contributed by atoms with E-state index in [9.17, 15) is 0 Å². The van der Waals surface area contributed by atoms with Crippen molar-refractivity contribution in [3.8, 4) is 11.3 Å². The summed E-state index contributed by atoms with van der Waals surface area (Å²) < 4.78 is 5.65. The van der Waals surface area contributed by atoms with Crippen LogP contribution in [0.3, 0.4) is 0 Å². The fourth-order valence-electron chi connectivity index (χ4n) is 1.42. The van der Waals surface area contributed by atoms with Crippen LogP contribution in [0.15, 0.2) is 34.9 Å². The van der Waals surface area contributed by atoms with Crippen LogP contribution in [0, 0.1) is 0 Å². The zero-order valence-electron chi connectivity index (χ0n) is 9.97. The minimum absolute atomic E-state index is 0.159. The molecule has 2 rings (SSSR count). The molecule has 1 atom stereocenters.